The Morgan fingerprint density at radius 2 is 1.74 bits per heavy atom. The van der Waals surface area contributed by atoms with Gasteiger partial charge in [0.25, 0.3) is 0 Å². The Labute approximate surface area is 197 Å². The predicted molar refractivity (Wildman–Crippen MR) is 120 cm³/mol. The number of alkyl halides is 3. The van der Waals surface area contributed by atoms with Crippen molar-refractivity contribution in [1.29, 1.82) is 0 Å². The number of ether oxygens (including phenoxy) is 1. The summed E-state index contributed by atoms with van der Waals surface area (Å²) < 4.78 is 43.6. The highest BCUT2D eigenvalue weighted by atomic mass is 19.4. The van der Waals surface area contributed by atoms with E-state index in [2.05, 4.69) is 5.32 Å². The number of methoxy groups -OCH3 is 1. The van der Waals surface area contributed by atoms with Crippen LogP contribution < -0.4 is 5.32 Å². The molecule has 2 atom stereocenters. The molecule has 1 aromatic rings. The molecule has 3 amide bonds. The summed E-state index contributed by atoms with van der Waals surface area (Å²) in [5.41, 5.74) is -0.717. The van der Waals surface area contributed by atoms with Crippen molar-refractivity contribution in [3.05, 3.63) is 29.8 Å². The number of hydrogen-bond acceptors (Lipinski definition) is 4. The van der Waals surface area contributed by atoms with Gasteiger partial charge in [0.1, 0.15) is 0 Å². The first-order valence-corrected chi connectivity index (χ1v) is 11.7. The number of benzene rings is 1. The van der Waals surface area contributed by atoms with E-state index in [-0.39, 0.29) is 35.3 Å². The molecule has 1 aromatic carbocycles. The third-order valence-electron chi connectivity index (χ3n) is 6.96. The quantitative estimate of drug-likeness (QED) is 0.631. The van der Waals surface area contributed by atoms with Crippen LogP contribution in [0.25, 0.3) is 0 Å². The molecule has 0 saturated carbocycles. The van der Waals surface area contributed by atoms with Gasteiger partial charge in [0.15, 0.2) is 0 Å². The van der Waals surface area contributed by atoms with Gasteiger partial charge in [-0.3, -0.25) is 9.59 Å². The fourth-order valence-corrected chi connectivity index (χ4v) is 4.86. The molecule has 2 aliphatic rings. The van der Waals surface area contributed by atoms with E-state index in [1.54, 1.807) is 9.80 Å². The summed E-state index contributed by atoms with van der Waals surface area (Å²) in [5, 5.41) is 2.57. The van der Waals surface area contributed by atoms with Crippen molar-refractivity contribution in [2.75, 3.05) is 38.6 Å². The van der Waals surface area contributed by atoms with Gasteiger partial charge in [0, 0.05) is 38.3 Å². The van der Waals surface area contributed by atoms with Gasteiger partial charge < -0.3 is 19.9 Å². The number of halogens is 3. The van der Waals surface area contributed by atoms with E-state index in [9.17, 15) is 27.6 Å². The van der Waals surface area contributed by atoms with Gasteiger partial charge >= 0.3 is 18.2 Å². The zero-order valence-corrected chi connectivity index (χ0v) is 19.6. The van der Waals surface area contributed by atoms with Crippen molar-refractivity contribution in [3.8, 4) is 0 Å². The summed E-state index contributed by atoms with van der Waals surface area (Å²) in [6.07, 6.45) is -1.44. The molecule has 2 heterocycles. The molecule has 1 N–H and O–H groups in total. The van der Waals surface area contributed by atoms with Crippen LogP contribution in [0.4, 0.5) is 23.7 Å². The molecule has 0 spiro atoms. The fourth-order valence-electron chi connectivity index (χ4n) is 4.86. The Hall–Kier alpha value is -2.78. The Morgan fingerprint density at radius 3 is 2.35 bits per heavy atom. The molecule has 2 fully saturated rings. The van der Waals surface area contributed by atoms with E-state index in [0.29, 0.717) is 51.9 Å². The minimum absolute atomic E-state index is 0.0635. The topological polar surface area (TPSA) is 79.0 Å². The summed E-state index contributed by atoms with van der Waals surface area (Å²) in [6.45, 7) is 3.97. The lowest BCUT2D eigenvalue weighted by Gasteiger charge is -2.39. The average molecular weight is 484 g/mol. The second-order valence-electron chi connectivity index (χ2n) is 9.05. The summed E-state index contributed by atoms with van der Waals surface area (Å²) in [4.78, 5) is 40.7. The smallest absolute Gasteiger partial charge is 0.416 e. The van der Waals surface area contributed by atoms with Crippen molar-refractivity contribution in [1.82, 2.24) is 9.80 Å². The third-order valence-corrected chi connectivity index (χ3v) is 6.96. The highest BCUT2D eigenvalue weighted by Crippen LogP contribution is 2.32. The number of anilines is 1. The van der Waals surface area contributed by atoms with Crippen LogP contribution in [0.1, 0.15) is 44.6 Å². The van der Waals surface area contributed by atoms with Crippen LogP contribution in [0.2, 0.25) is 0 Å². The lowest BCUT2D eigenvalue weighted by atomic mass is 9.81. The molecule has 0 radical (unpaired) electrons. The van der Waals surface area contributed by atoms with Crippen molar-refractivity contribution in [3.63, 3.8) is 0 Å². The number of piperidine rings is 2. The van der Waals surface area contributed by atoms with Crippen LogP contribution in [0.15, 0.2) is 24.3 Å². The van der Waals surface area contributed by atoms with Gasteiger partial charge in [-0.15, -0.1) is 0 Å². The van der Waals surface area contributed by atoms with Gasteiger partial charge in [-0.05, 0) is 49.3 Å². The summed E-state index contributed by atoms with van der Waals surface area (Å²) in [7, 11) is 1.37. The van der Waals surface area contributed by atoms with Gasteiger partial charge in [-0.25, -0.2) is 4.79 Å². The maximum absolute atomic E-state index is 12.9. The SMILES string of the molecule is CC[C@H]1CN(C(=O)Nc2cccc(C(F)(F)F)c2)CC[C@H]1CC(=O)N1CCC(C(=O)OC)CC1. The summed E-state index contributed by atoms with van der Waals surface area (Å²) in [5.74, 6) is -0.0652. The largest absolute Gasteiger partial charge is 0.469 e. The minimum Gasteiger partial charge on any atom is -0.469 e. The molecule has 7 nitrogen and oxygen atoms in total. The zero-order valence-electron chi connectivity index (χ0n) is 19.6. The molecule has 0 aromatic heterocycles. The number of amides is 3. The normalized spacial score (nSPS) is 21.8. The number of carbonyl (C=O) groups excluding carboxylic acids is 3. The van der Waals surface area contributed by atoms with E-state index in [1.165, 1.54) is 19.2 Å². The number of carbonyl (C=O) groups is 3. The zero-order chi connectivity index (χ0) is 24.9. The maximum Gasteiger partial charge on any atom is 0.416 e. The van der Waals surface area contributed by atoms with Crippen LogP contribution >= 0.6 is 0 Å². The molecule has 2 saturated heterocycles. The molecule has 0 bridgehead atoms. The highest BCUT2D eigenvalue weighted by molar-refractivity contribution is 5.89. The van der Waals surface area contributed by atoms with Gasteiger partial charge in [0.05, 0.1) is 18.6 Å². The van der Waals surface area contributed by atoms with Crippen LogP contribution in [0.3, 0.4) is 0 Å². The predicted octanol–water partition coefficient (Wildman–Crippen LogP) is 4.39. The molecular formula is C24H32F3N3O4. The van der Waals surface area contributed by atoms with Crippen LogP contribution in [0, 0.1) is 17.8 Å². The van der Waals surface area contributed by atoms with Crippen LogP contribution in [-0.2, 0) is 20.5 Å². The van der Waals surface area contributed by atoms with Crippen molar-refractivity contribution in [2.24, 2.45) is 17.8 Å². The Morgan fingerprint density at radius 1 is 1.06 bits per heavy atom. The van der Waals surface area contributed by atoms with E-state index >= 15 is 0 Å². The highest BCUT2D eigenvalue weighted by Gasteiger charge is 2.35. The third kappa shape index (κ3) is 6.42. The summed E-state index contributed by atoms with van der Waals surface area (Å²) in [6, 6.07) is 4.14. The Balaban J connectivity index is 1.52. The maximum atomic E-state index is 12.9. The first-order chi connectivity index (χ1) is 16.1. The first kappa shape index (κ1) is 25.8. The monoisotopic (exact) mass is 483 g/mol. The van der Waals surface area contributed by atoms with Crippen molar-refractivity contribution >= 4 is 23.6 Å². The average Bonchev–Trinajstić information content (AvgIpc) is 2.83. The lowest BCUT2D eigenvalue weighted by molar-refractivity contribution is -0.149. The molecule has 188 valence electrons. The van der Waals surface area contributed by atoms with E-state index in [0.717, 1.165) is 18.6 Å². The molecule has 34 heavy (non-hydrogen) atoms. The summed E-state index contributed by atoms with van der Waals surface area (Å²) >= 11 is 0. The van der Waals surface area contributed by atoms with Crippen molar-refractivity contribution in [2.45, 2.75) is 45.2 Å². The Bertz CT molecular complexity index is 884. The molecule has 2 aliphatic heterocycles. The molecule has 0 unspecified atom stereocenters. The first-order valence-electron chi connectivity index (χ1n) is 11.7. The van der Waals surface area contributed by atoms with Gasteiger partial charge in [-0.1, -0.05) is 19.4 Å². The van der Waals surface area contributed by atoms with Crippen LogP contribution in [-0.4, -0.2) is 61.0 Å². The number of nitrogens with zero attached hydrogens (tertiary/aromatic N) is 2. The number of hydrogen-bond donors (Lipinski definition) is 1. The van der Waals surface area contributed by atoms with Crippen molar-refractivity contribution < 1.29 is 32.3 Å². The lowest BCUT2D eigenvalue weighted by Crippen LogP contribution is -2.47. The number of nitrogens with one attached hydrogen (secondary N) is 1. The number of urea groups is 1. The van der Waals surface area contributed by atoms with E-state index < -0.39 is 17.8 Å². The fraction of sp³-hybridized carbons (Fsp3) is 0.625. The number of rotatable bonds is 5. The minimum atomic E-state index is -4.48. The molecule has 10 heteroatoms. The van der Waals surface area contributed by atoms with Crippen LogP contribution in [0.5, 0.6) is 0 Å². The molecule has 3 rings (SSSR count). The van der Waals surface area contributed by atoms with Gasteiger partial charge in [0.2, 0.25) is 5.91 Å². The van der Waals surface area contributed by atoms with Gasteiger partial charge in [-0.2, -0.15) is 13.2 Å². The van der Waals surface area contributed by atoms with E-state index in [4.69, 9.17) is 4.74 Å². The standard InChI is InChI=1S/C24H32F3N3O4/c1-3-16-15-30(23(33)28-20-6-4-5-19(14-20)24(25,26)27)12-9-18(16)13-21(31)29-10-7-17(8-11-29)22(32)34-2/h4-6,14,16-18H,3,7-13,15H2,1-2H3,(H,28,33)/t16-,18-/m0/s1. The number of esters is 1. The molecule has 0 aliphatic carbocycles. The van der Waals surface area contributed by atoms with E-state index in [1.807, 2.05) is 6.92 Å². The molecular weight excluding hydrogens is 451 g/mol. The Kier molecular flexibility index (Phi) is 8.43. The number of likely N-dealkylation sites (tertiary alicyclic amines) is 2. The second kappa shape index (κ2) is 11.1. The second-order valence-corrected chi connectivity index (χ2v) is 9.05.